The summed E-state index contributed by atoms with van der Waals surface area (Å²) in [6, 6.07) is 3.13. The van der Waals surface area contributed by atoms with E-state index in [0.29, 0.717) is 6.29 Å². The molecule has 1 aromatic carbocycles. The van der Waals surface area contributed by atoms with E-state index >= 15 is 0 Å². The average Bonchev–Trinajstić information content (AvgIpc) is 2.31. The smallest absolute Gasteiger partial charge is 0.326 e. The number of aliphatic carboxylic acids is 1. The molecule has 0 saturated heterocycles. The lowest BCUT2D eigenvalue weighted by Gasteiger charge is -2.12. The van der Waals surface area contributed by atoms with Crippen molar-refractivity contribution in [3.05, 3.63) is 33.8 Å². The minimum absolute atomic E-state index is 0.0342. The molecule has 0 heterocycles. The van der Waals surface area contributed by atoms with E-state index in [0.717, 1.165) is 0 Å². The van der Waals surface area contributed by atoms with Crippen molar-refractivity contribution in [2.45, 2.75) is 12.5 Å². The van der Waals surface area contributed by atoms with Gasteiger partial charge >= 0.3 is 5.97 Å². The van der Waals surface area contributed by atoms with E-state index in [1.165, 1.54) is 18.2 Å². The van der Waals surface area contributed by atoms with Gasteiger partial charge in [0.2, 0.25) is 0 Å². The predicted octanol–water partition coefficient (Wildman–Crippen LogP) is 1.77. The predicted molar refractivity (Wildman–Crippen MR) is 66.0 cm³/mol. The van der Waals surface area contributed by atoms with Crippen molar-refractivity contribution >= 4 is 41.4 Å². The molecule has 0 radical (unpaired) electrons. The summed E-state index contributed by atoms with van der Waals surface area (Å²) in [5.41, 5.74) is 0.0568. The number of carboxylic acids is 1. The van der Waals surface area contributed by atoms with E-state index in [1.807, 2.05) is 0 Å². The van der Waals surface area contributed by atoms with Gasteiger partial charge in [-0.1, -0.05) is 29.3 Å². The topological polar surface area (TPSA) is 83.5 Å². The van der Waals surface area contributed by atoms with Gasteiger partial charge in [-0.3, -0.25) is 4.79 Å². The third-order valence-corrected chi connectivity index (χ3v) is 2.95. The Kier molecular flexibility index (Phi) is 5.12. The molecule has 1 unspecified atom stereocenters. The maximum Gasteiger partial charge on any atom is 0.326 e. The van der Waals surface area contributed by atoms with Crippen LogP contribution in [0.1, 0.15) is 16.8 Å². The fourth-order valence-corrected chi connectivity index (χ4v) is 1.62. The first-order chi connectivity index (χ1) is 8.47. The molecule has 2 N–H and O–H groups in total. The maximum absolute atomic E-state index is 11.8. The number of nitrogens with one attached hydrogen (secondary N) is 1. The SMILES string of the molecule is O=CCC(NC(=O)c1cccc(Cl)c1Cl)C(=O)O. The van der Waals surface area contributed by atoms with Crippen molar-refractivity contribution in [1.82, 2.24) is 5.32 Å². The summed E-state index contributed by atoms with van der Waals surface area (Å²) in [5, 5.41) is 11.2. The van der Waals surface area contributed by atoms with Crippen molar-refractivity contribution in [1.29, 1.82) is 0 Å². The molecule has 1 aromatic rings. The van der Waals surface area contributed by atoms with Gasteiger partial charge < -0.3 is 15.2 Å². The fourth-order valence-electron chi connectivity index (χ4n) is 1.23. The molecule has 0 aliphatic rings. The molecule has 7 heteroatoms. The number of hydrogen-bond donors (Lipinski definition) is 2. The maximum atomic E-state index is 11.8. The van der Waals surface area contributed by atoms with Gasteiger partial charge in [0.1, 0.15) is 12.3 Å². The van der Waals surface area contributed by atoms with Crippen LogP contribution in [0.4, 0.5) is 0 Å². The number of carbonyl (C=O) groups excluding carboxylic acids is 2. The van der Waals surface area contributed by atoms with Crippen LogP contribution in [0.2, 0.25) is 10.0 Å². The van der Waals surface area contributed by atoms with E-state index in [9.17, 15) is 14.4 Å². The Labute approximate surface area is 113 Å². The highest BCUT2D eigenvalue weighted by Gasteiger charge is 2.21. The van der Waals surface area contributed by atoms with Gasteiger partial charge in [0.25, 0.3) is 5.91 Å². The largest absolute Gasteiger partial charge is 0.480 e. The summed E-state index contributed by atoms with van der Waals surface area (Å²) in [5.74, 6) is -2.00. The average molecular weight is 290 g/mol. The first kappa shape index (κ1) is 14.5. The molecular weight excluding hydrogens is 281 g/mol. The molecule has 1 rings (SSSR count). The Bertz CT molecular complexity index is 490. The second kappa shape index (κ2) is 6.37. The minimum Gasteiger partial charge on any atom is -0.480 e. The van der Waals surface area contributed by atoms with Crippen LogP contribution in [-0.4, -0.2) is 29.3 Å². The lowest BCUT2D eigenvalue weighted by atomic mass is 10.1. The van der Waals surface area contributed by atoms with Gasteiger partial charge in [0.15, 0.2) is 0 Å². The van der Waals surface area contributed by atoms with Gasteiger partial charge in [-0.25, -0.2) is 4.79 Å². The zero-order chi connectivity index (χ0) is 13.7. The Morgan fingerprint density at radius 1 is 1.39 bits per heavy atom. The molecule has 0 spiro atoms. The number of rotatable bonds is 5. The van der Waals surface area contributed by atoms with Gasteiger partial charge in [0, 0.05) is 6.42 Å². The number of benzene rings is 1. The molecule has 1 atom stereocenters. The number of hydrogen-bond acceptors (Lipinski definition) is 3. The van der Waals surface area contributed by atoms with Crippen LogP contribution in [0.15, 0.2) is 18.2 Å². The summed E-state index contributed by atoms with van der Waals surface area (Å²) < 4.78 is 0. The monoisotopic (exact) mass is 289 g/mol. The van der Waals surface area contributed by atoms with Gasteiger partial charge in [-0.15, -0.1) is 0 Å². The standard InChI is InChI=1S/C11H9Cl2NO4/c12-7-3-1-2-6(9(7)13)10(16)14-8(4-5-15)11(17)18/h1-3,5,8H,4H2,(H,14,16)(H,17,18). The van der Waals surface area contributed by atoms with Gasteiger partial charge in [0.05, 0.1) is 15.6 Å². The highest BCUT2D eigenvalue weighted by molar-refractivity contribution is 6.43. The normalized spacial score (nSPS) is 11.7. The molecule has 0 aliphatic heterocycles. The summed E-state index contributed by atoms with van der Waals surface area (Å²) in [4.78, 5) is 32.8. The van der Waals surface area contributed by atoms with Gasteiger partial charge in [-0.2, -0.15) is 0 Å². The number of aldehydes is 1. The van der Waals surface area contributed by atoms with Crippen LogP contribution < -0.4 is 5.32 Å². The van der Waals surface area contributed by atoms with E-state index in [-0.39, 0.29) is 22.0 Å². The third kappa shape index (κ3) is 3.45. The lowest BCUT2D eigenvalue weighted by molar-refractivity contribution is -0.140. The first-order valence-electron chi connectivity index (χ1n) is 4.88. The molecule has 18 heavy (non-hydrogen) atoms. The second-order valence-electron chi connectivity index (χ2n) is 3.37. The molecule has 5 nitrogen and oxygen atoms in total. The van der Waals surface area contributed by atoms with Crippen molar-refractivity contribution in [2.75, 3.05) is 0 Å². The Morgan fingerprint density at radius 2 is 2.06 bits per heavy atom. The number of carbonyl (C=O) groups is 3. The van der Waals surface area contributed by atoms with Crippen molar-refractivity contribution in [2.24, 2.45) is 0 Å². The quantitative estimate of drug-likeness (QED) is 0.809. The number of carboxylic acid groups (broad SMARTS) is 1. The molecule has 0 saturated carbocycles. The number of halogens is 2. The Balaban J connectivity index is 2.90. The molecule has 0 bridgehead atoms. The fraction of sp³-hybridized carbons (Fsp3) is 0.182. The highest BCUT2D eigenvalue weighted by atomic mass is 35.5. The van der Waals surface area contributed by atoms with E-state index in [4.69, 9.17) is 28.3 Å². The molecule has 1 amide bonds. The first-order valence-corrected chi connectivity index (χ1v) is 5.64. The van der Waals surface area contributed by atoms with Crippen LogP contribution in [0.3, 0.4) is 0 Å². The molecule has 0 fully saturated rings. The van der Waals surface area contributed by atoms with Crippen LogP contribution >= 0.6 is 23.2 Å². The van der Waals surface area contributed by atoms with Crippen molar-refractivity contribution in [3.63, 3.8) is 0 Å². The molecular formula is C11H9Cl2NO4. The summed E-state index contributed by atoms with van der Waals surface area (Å²) in [6.07, 6.45) is 0.0951. The van der Waals surface area contributed by atoms with Crippen LogP contribution in [0.5, 0.6) is 0 Å². The van der Waals surface area contributed by atoms with Gasteiger partial charge in [-0.05, 0) is 12.1 Å². The molecule has 0 aliphatic carbocycles. The third-order valence-electron chi connectivity index (χ3n) is 2.13. The Morgan fingerprint density at radius 3 is 2.61 bits per heavy atom. The van der Waals surface area contributed by atoms with Crippen LogP contribution in [-0.2, 0) is 9.59 Å². The minimum atomic E-state index is -1.30. The van der Waals surface area contributed by atoms with Crippen LogP contribution in [0.25, 0.3) is 0 Å². The molecule has 96 valence electrons. The van der Waals surface area contributed by atoms with Crippen molar-refractivity contribution < 1.29 is 19.5 Å². The zero-order valence-corrected chi connectivity index (χ0v) is 10.5. The lowest BCUT2D eigenvalue weighted by Crippen LogP contribution is -2.41. The summed E-state index contributed by atoms with van der Waals surface area (Å²) in [7, 11) is 0. The van der Waals surface area contributed by atoms with E-state index < -0.39 is 17.9 Å². The zero-order valence-electron chi connectivity index (χ0n) is 9.02. The molecule has 0 aromatic heterocycles. The highest BCUT2D eigenvalue weighted by Crippen LogP contribution is 2.25. The van der Waals surface area contributed by atoms with Crippen LogP contribution in [0, 0.1) is 0 Å². The van der Waals surface area contributed by atoms with Crippen molar-refractivity contribution in [3.8, 4) is 0 Å². The summed E-state index contributed by atoms with van der Waals surface area (Å²) >= 11 is 11.6. The van der Waals surface area contributed by atoms with E-state index in [2.05, 4.69) is 5.32 Å². The van der Waals surface area contributed by atoms with E-state index in [1.54, 1.807) is 0 Å². The number of amides is 1. The second-order valence-corrected chi connectivity index (χ2v) is 4.15. The Hall–Kier alpha value is -1.59. The summed E-state index contributed by atoms with van der Waals surface area (Å²) in [6.45, 7) is 0.